The number of para-hydroxylation sites is 1. The number of pyridine rings is 1. The topological polar surface area (TPSA) is 7.12 Å². The average Bonchev–Trinajstić information content (AvgIpc) is 3.22. The molecule has 0 spiro atoms. The molecule has 1 aliphatic heterocycles. The van der Waals surface area contributed by atoms with E-state index in [0.717, 1.165) is 19.4 Å². The highest BCUT2D eigenvalue weighted by Gasteiger charge is 2.29. The third-order valence-electron chi connectivity index (χ3n) is 7.43. The number of thioether (sulfide) groups is 1. The van der Waals surface area contributed by atoms with Crippen LogP contribution in [0.5, 0.6) is 0 Å². The minimum atomic E-state index is 0.224. The van der Waals surface area contributed by atoms with Crippen LogP contribution in [0.2, 0.25) is 0 Å². The second kappa shape index (κ2) is 8.97. The van der Waals surface area contributed by atoms with E-state index < -0.39 is 0 Å². The van der Waals surface area contributed by atoms with Gasteiger partial charge < -0.3 is 4.90 Å². The molecule has 0 fully saturated rings. The van der Waals surface area contributed by atoms with Crippen LogP contribution in [0.25, 0.3) is 27.8 Å². The third-order valence-corrected chi connectivity index (χ3v) is 8.52. The van der Waals surface area contributed by atoms with Crippen LogP contribution in [0.1, 0.15) is 39.3 Å². The van der Waals surface area contributed by atoms with Crippen molar-refractivity contribution in [2.45, 2.75) is 38.5 Å². The van der Waals surface area contributed by atoms with Gasteiger partial charge in [0.15, 0.2) is 0 Å². The van der Waals surface area contributed by atoms with E-state index in [1.54, 1.807) is 0 Å². The zero-order valence-corrected chi connectivity index (χ0v) is 22.4. The van der Waals surface area contributed by atoms with Crippen LogP contribution in [-0.4, -0.2) is 6.54 Å². The number of aryl methyl sites for hydroxylation is 1. The van der Waals surface area contributed by atoms with Crippen molar-refractivity contribution in [3.8, 4) is 0 Å². The lowest BCUT2D eigenvalue weighted by molar-refractivity contribution is -0.646. The maximum Gasteiger partial charge on any atom is 0.212 e. The van der Waals surface area contributed by atoms with E-state index >= 15 is 0 Å². The molecule has 0 saturated heterocycles. The smallest absolute Gasteiger partial charge is 0.212 e. The predicted octanol–water partition coefficient (Wildman–Crippen LogP) is 8.42. The summed E-state index contributed by atoms with van der Waals surface area (Å²) in [4.78, 5) is 3.86. The lowest BCUT2D eigenvalue weighted by Gasteiger charge is -2.31. The lowest BCUT2D eigenvalue weighted by atomic mass is 9.75. The molecule has 3 aromatic carbocycles. The minimum Gasteiger partial charge on any atom is -0.335 e. The van der Waals surface area contributed by atoms with Gasteiger partial charge in [-0.15, -0.1) is 0 Å². The summed E-state index contributed by atoms with van der Waals surface area (Å²) < 4.78 is 2.31. The fraction of sp³-hybridized carbons (Fsp3) is 0.242. The molecule has 0 atom stereocenters. The number of allylic oxidation sites excluding steroid dienone is 4. The summed E-state index contributed by atoms with van der Waals surface area (Å²) in [5, 5.41) is 5.26. The maximum absolute atomic E-state index is 2.50. The Balaban J connectivity index is 1.40. The van der Waals surface area contributed by atoms with Gasteiger partial charge in [-0.1, -0.05) is 74.1 Å². The van der Waals surface area contributed by atoms with Crippen molar-refractivity contribution in [2.24, 2.45) is 12.5 Å². The van der Waals surface area contributed by atoms with E-state index in [9.17, 15) is 0 Å². The summed E-state index contributed by atoms with van der Waals surface area (Å²) >= 11 is 1.91. The lowest BCUT2D eigenvalue weighted by Crippen LogP contribution is -2.32. The summed E-state index contributed by atoms with van der Waals surface area (Å²) in [5.41, 5.74) is 6.91. The summed E-state index contributed by atoms with van der Waals surface area (Å²) in [5.74, 6) is 0. The Kier molecular flexibility index (Phi) is 5.76. The van der Waals surface area contributed by atoms with Gasteiger partial charge in [0.1, 0.15) is 7.05 Å². The molecule has 0 amide bonds. The standard InChI is InChI=1S/C33H33N2S/c1-5-35-31(36-30-17-15-25-10-6-8-12-28(25)32(30)35)20-24-18-23(21-33(2,3)22-24)19-27-16-14-26-11-7-9-13-29(26)34(27)4/h6-20H,5,21-22H2,1-4H3/q+1. The van der Waals surface area contributed by atoms with Gasteiger partial charge in [0.25, 0.3) is 0 Å². The van der Waals surface area contributed by atoms with Crippen molar-refractivity contribution in [2.75, 3.05) is 11.4 Å². The van der Waals surface area contributed by atoms with Gasteiger partial charge in [0.05, 0.1) is 10.7 Å². The fourth-order valence-corrected chi connectivity index (χ4v) is 7.06. The zero-order chi connectivity index (χ0) is 24.9. The van der Waals surface area contributed by atoms with E-state index in [-0.39, 0.29) is 5.41 Å². The van der Waals surface area contributed by atoms with Gasteiger partial charge in [0, 0.05) is 40.4 Å². The molecular weight excluding hydrogens is 456 g/mol. The van der Waals surface area contributed by atoms with Crippen molar-refractivity contribution >= 4 is 45.2 Å². The molecule has 4 aromatic rings. The minimum absolute atomic E-state index is 0.224. The second-order valence-electron chi connectivity index (χ2n) is 10.8. The fourth-order valence-electron chi connectivity index (χ4n) is 5.84. The third kappa shape index (κ3) is 4.16. The Morgan fingerprint density at radius 1 is 0.889 bits per heavy atom. The van der Waals surface area contributed by atoms with Crippen molar-refractivity contribution in [1.82, 2.24) is 0 Å². The second-order valence-corrected chi connectivity index (χ2v) is 11.9. The van der Waals surface area contributed by atoms with Crippen molar-refractivity contribution in [3.05, 3.63) is 107 Å². The monoisotopic (exact) mass is 489 g/mol. The molecule has 0 saturated carbocycles. The molecule has 1 aliphatic carbocycles. The van der Waals surface area contributed by atoms with Gasteiger partial charge >= 0.3 is 0 Å². The Morgan fingerprint density at radius 2 is 1.64 bits per heavy atom. The molecule has 180 valence electrons. The molecule has 0 unspecified atom stereocenters. The molecule has 0 N–H and O–H groups in total. The first-order valence-electron chi connectivity index (χ1n) is 12.9. The van der Waals surface area contributed by atoms with Crippen LogP contribution in [-0.2, 0) is 7.05 Å². The van der Waals surface area contributed by atoms with Crippen molar-refractivity contribution in [1.29, 1.82) is 0 Å². The highest BCUT2D eigenvalue weighted by Crippen LogP contribution is 2.50. The van der Waals surface area contributed by atoms with E-state index in [1.165, 1.54) is 54.1 Å². The molecule has 0 radical (unpaired) electrons. The van der Waals surface area contributed by atoms with Crippen LogP contribution in [0.3, 0.4) is 0 Å². The molecule has 2 aliphatic rings. The van der Waals surface area contributed by atoms with E-state index in [1.807, 2.05) is 11.8 Å². The SMILES string of the molecule is CCN1C(=CC2=CC(=Cc3ccc4ccccc4[n+]3C)CC(C)(C)C2)Sc2ccc3ccccc3c21. The van der Waals surface area contributed by atoms with Gasteiger partial charge in [-0.2, -0.15) is 4.57 Å². The normalized spacial score (nSPS) is 19.3. The summed E-state index contributed by atoms with van der Waals surface area (Å²) in [6, 6.07) is 26.4. The quantitative estimate of drug-likeness (QED) is 0.267. The van der Waals surface area contributed by atoms with Crippen LogP contribution >= 0.6 is 11.8 Å². The van der Waals surface area contributed by atoms with E-state index in [4.69, 9.17) is 0 Å². The summed E-state index contributed by atoms with van der Waals surface area (Å²) in [6.45, 7) is 8.02. The number of hydrogen-bond acceptors (Lipinski definition) is 2. The Bertz CT molecular complexity index is 1590. The number of aromatic nitrogens is 1. The first-order chi connectivity index (χ1) is 17.4. The van der Waals surface area contributed by atoms with Crippen molar-refractivity contribution in [3.63, 3.8) is 0 Å². The molecule has 2 heterocycles. The molecule has 1 aromatic heterocycles. The predicted molar refractivity (Wildman–Crippen MR) is 155 cm³/mol. The zero-order valence-electron chi connectivity index (χ0n) is 21.6. The number of benzene rings is 3. The first-order valence-corrected chi connectivity index (χ1v) is 13.7. The first kappa shape index (κ1) is 23.1. The molecule has 36 heavy (non-hydrogen) atoms. The maximum atomic E-state index is 2.50. The summed E-state index contributed by atoms with van der Waals surface area (Å²) in [6.07, 6.45) is 9.43. The number of anilines is 1. The van der Waals surface area contributed by atoms with Crippen LogP contribution < -0.4 is 9.47 Å². The Morgan fingerprint density at radius 3 is 2.47 bits per heavy atom. The van der Waals surface area contributed by atoms with Crippen LogP contribution in [0.4, 0.5) is 5.69 Å². The van der Waals surface area contributed by atoms with Crippen LogP contribution in [0.15, 0.2) is 106 Å². The van der Waals surface area contributed by atoms with Crippen molar-refractivity contribution < 1.29 is 4.57 Å². The number of nitrogens with zero attached hydrogens (tertiary/aromatic N) is 2. The molecule has 0 bridgehead atoms. The van der Waals surface area contributed by atoms with Crippen LogP contribution in [0, 0.1) is 5.41 Å². The highest BCUT2D eigenvalue weighted by atomic mass is 32.2. The largest absolute Gasteiger partial charge is 0.335 e. The van der Waals surface area contributed by atoms with E-state index in [0.29, 0.717) is 0 Å². The molecule has 6 rings (SSSR count). The van der Waals surface area contributed by atoms with Gasteiger partial charge in [0.2, 0.25) is 11.2 Å². The van der Waals surface area contributed by atoms with Gasteiger partial charge in [-0.3, -0.25) is 0 Å². The molecular formula is C33H33N2S+. The van der Waals surface area contributed by atoms with E-state index in [2.05, 4.69) is 128 Å². The number of rotatable bonds is 3. The number of fused-ring (bicyclic) bond motifs is 4. The highest BCUT2D eigenvalue weighted by molar-refractivity contribution is 8.03. The molecule has 3 heteroatoms. The number of hydrogen-bond donors (Lipinski definition) is 0. The Labute approximate surface area is 218 Å². The molecule has 2 nitrogen and oxygen atoms in total. The Hall–Kier alpha value is -3.30. The van der Waals surface area contributed by atoms with Gasteiger partial charge in [-0.05, 0) is 66.0 Å². The van der Waals surface area contributed by atoms with Gasteiger partial charge in [-0.25, -0.2) is 0 Å². The summed E-state index contributed by atoms with van der Waals surface area (Å²) in [7, 11) is 2.17. The average molecular weight is 490 g/mol.